The average Bonchev–Trinajstić information content (AvgIpc) is 2.50. The minimum atomic E-state index is -3.13. The Hall–Kier alpha value is -1.15. The number of hydrogen-bond acceptors (Lipinski definition) is 1. The van der Waals surface area contributed by atoms with Crippen LogP contribution in [0.5, 0.6) is 0 Å². The number of aryl methyl sites for hydroxylation is 2. The third-order valence-corrected chi connectivity index (χ3v) is 3.72. The molecule has 22 heavy (non-hydrogen) atoms. The smallest absolute Gasteiger partial charge is 0.314 e. The predicted molar refractivity (Wildman–Crippen MR) is 94.6 cm³/mol. The van der Waals surface area contributed by atoms with Gasteiger partial charge < -0.3 is 9.79 Å². The van der Waals surface area contributed by atoms with Gasteiger partial charge in [-0.25, -0.2) is 0 Å². The Morgan fingerprint density at radius 3 is 2.14 bits per heavy atom. The van der Waals surface area contributed by atoms with Crippen LogP contribution in [0, 0.1) is 0 Å². The molecule has 0 amide bonds. The molecule has 0 aliphatic carbocycles. The number of rotatable bonds is 6. The molecule has 0 heterocycles. The van der Waals surface area contributed by atoms with Crippen LogP contribution >= 0.6 is 8.25 Å². The van der Waals surface area contributed by atoms with Crippen molar-refractivity contribution in [2.24, 2.45) is 0 Å². The number of unbranched alkanes of at least 4 members (excludes halogenated alkanes) is 2. The summed E-state index contributed by atoms with van der Waals surface area (Å²) in [4.78, 5) is 14.3. The quantitative estimate of drug-likeness (QED) is 0.745. The lowest BCUT2D eigenvalue weighted by Gasteiger charge is -2.13. The molecule has 122 valence electrons. The minimum absolute atomic E-state index is 1.23. The van der Waals surface area contributed by atoms with Gasteiger partial charge in [0.15, 0.2) is 0 Å². The first kappa shape index (κ1) is 18.9. The number of fused-ring (bicyclic) bond motifs is 1. The largest absolute Gasteiger partial charge is 0.326 e. The second-order valence-electron chi connectivity index (χ2n) is 5.41. The summed E-state index contributed by atoms with van der Waals surface area (Å²) in [6.07, 6.45) is 7.62. The molecule has 0 unspecified atom stereocenters. The zero-order valence-corrected chi connectivity index (χ0v) is 14.5. The highest BCUT2D eigenvalue weighted by Gasteiger charge is 2.06. The topological polar surface area (TPSA) is 57.5 Å². The van der Waals surface area contributed by atoms with Crippen LogP contribution < -0.4 is 0 Å². The lowest BCUT2D eigenvalue weighted by atomic mass is 9.92. The van der Waals surface area contributed by atoms with Crippen LogP contribution in [-0.2, 0) is 17.4 Å². The van der Waals surface area contributed by atoms with Gasteiger partial charge in [-0.2, -0.15) is 0 Å². The number of hydrogen-bond donors (Lipinski definition) is 2. The molecule has 0 atom stereocenters. The predicted octanol–water partition coefficient (Wildman–Crippen LogP) is 4.89. The lowest BCUT2D eigenvalue weighted by Crippen LogP contribution is -1.96. The average molecular weight is 322 g/mol. The molecular weight excluding hydrogens is 295 g/mol. The molecule has 0 bridgehead atoms. The molecule has 4 heteroatoms. The molecule has 2 aromatic carbocycles. The van der Waals surface area contributed by atoms with Gasteiger partial charge in [-0.15, -0.1) is 0 Å². The standard InChI is InChI=1S/C18H24.H3O3P/c1-3-5-9-15-13-14-16-10-7-8-12-18(16)17(15)11-6-4-2;1-4(2)3/h7-8,10,12-14H,3-6,9,11H2,1-2H3;4H,(H2,1,2,3). The molecule has 0 saturated carbocycles. The van der Waals surface area contributed by atoms with Gasteiger partial charge in [0.2, 0.25) is 0 Å². The molecular formula is C18H27O3P. The Balaban J connectivity index is 0.000000541. The summed E-state index contributed by atoms with van der Waals surface area (Å²) in [6, 6.07) is 13.5. The van der Waals surface area contributed by atoms with Crippen molar-refractivity contribution < 1.29 is 14.4 Å². The maximum Gasteiger partial charge on any atom is 0.314 e. The van der Waals surface area contributed by atoms with E-state index in [0.717, 1.165) is 0 Å². The molecule has 2 N–H and O–H groups in total. The molecule has 0 aliphatic heterocycles. The van der Waals surface area contributed by atoms with Gasteiger partial charge in [0.05, 0.1) is 0 Å². The zero-order valence-electron chi connectivity index (χ0n) is 13.5. The molecule has 0 aromatic heterocycles. The second kappa shape index (κ2) is 10.6. The van der Waals surface area contributed by atoms with Crippen molar-refractivity contribution in [1.29, 1.82) is 0 Å². The molecule has 0 fully saturated rings. The number of benzene rings is 2. The fraction of sp³-hybridized carbons (Fsp3) is 0.444. The van der Waals surface area contributed by atoms with Gasteiger partial charge in [-0.05, 0) is 47.6 Å². The second-order valence-corrected chi connectivity index (χ2v) is 5.98. The summed E-state index contributed by atoms with van der Waals surface area (Å²) in [6.45, 7) is 4.55. The summed E-state index contributed by atoms with van der Waals surface area (Å²) in [7, 11) is -3.13. The highest BCUT2D eigenvalue weighted by Crippen LogP contribution is 2.25. The van der Waals surface area contributed by atoms with E-state index < -0.39 is 8.25 Å². The SMILES string of the molecule is CCCCc1ccc2ccccc2c1CCCC.O=[PH](O)O. The van der Waals surface area contributed by atoms with Crippen molar-refractivity contribution in [3.05, 3.63) is 47.5 Å². The van der Waals surface area contributed by atoms with Crippen LogP contribution in [0.3, 0.4) is 0 Å². The summed E-state index contributed by atoms with van der Waals surface area (Å²) < 4.78 is 8.74. The van der Waals surface area contributed by atoms with E-state index in [1.165, 1.54) is 49.3 Å². The van der Waals surface area contributed by atoms with Crippen LogP contribution in [0.25, 0.3) is 10.8 Å². The molecule has 0 saturated heterocycles. The summed E-state index contributed by atoms with van der Waals surface area (Å²) >= 11 is 0. The van der Waals surface area contributed by atoms with Crippen molar-refractivity contribution >= 4 is 19.0 Å². The maximum absolute atomic E-state index is 8.74. The van der Waals surface area contributed by atoms with Gasteiger partial charge >= 0.3 is 8.25 Å². The van der Waals surface area contributed by atoms with Crippen molar-refractivity contribution in [3.63, 3.8) is 0 Å². The zero-order chi connectivity index (χ0) is 16.4. The minimum Gasteiger partial charge on any atom is -0.326 e. The van der Waals surface area contributed by atoms with E-state index in [4.69, 9.17) is 14.4 Å². The highest BCUT2D eigenvalue weighted by molar-refractivity contribution is 7.30. The fourth-order valence-corrected chi connectivity index (χ4v) is 2.63. The molecule has 2 aromatic rings. The monoisotopic (exact) mass is 322 g/mol. The van der Waals surface area contributed by atoms with E-state index in [2.05, 4.69) is 50.2 Å². The van der Waals surface area contributed by atoms with Gasteiger partial charge in [0, 0.05) is 0 Å². The first-order valence-corrected chi connectivity index (χ1v) is 9.31. The van der Waals surface area contributed by atoms with Crippen LogP contribution in [-0.4, -0.2) is 9.79 Å². The summed E-state index contributed by atoms with van der Waals surface area (Å²) in [5.74, 6) is 0. The van der Waals surface area contributed by atoms with Crippen molar-refractivity contribution in [3.8, 4) is 0 Å². The molecule has 2 rings (SSSR count). The van der Waals surface area contributed by atoms with E-state index in [-0.39, 0.29) is 0 Å². The van der Waals surface area contributed by atoms with E-state index in [1.54, 1.807) is 11.1 Å². The Morgan fingerprint density at radius 1 is 0.909 bits per heavy atom. The normalized spacial score (nSPS) is 10.6. The highest BCUT2D eigenvalue weighted by atomic mass is 31.1. The van der Waals surface area contributed by atoms with E-state index in [0.29, 0.717) is 0 Å². The Kier molecular flexibility index (Phi) is 9.07. The van der Waals surface area contributed by atoms with E-state index in [1.807, 2.05) is 0 Å². The van der Waals surface area contributed by atoms with Crippen molar-refractivity contribution in [2.45, 2.75) is 52.4 Å². The van der Waals surface area contributed by atoms with Crippen molar-refractivity contribution in [1.82, 2.24) is 0 Å². The van der Waals surface area contributed by atoms with Crippen LogP contribution in [0.2, 0.25) is 0 Å². The van der Waals surface area contributed by atoms with Crippen molar-refractivity contribution in [2.75, 3.05) is 0 Å². The third-order valence-electron chi connectivity index (χ3n) is 3.72. The third kappa shape index (κ3) is 6.31. The lowest BCUT2D eigenvalue weighted by molar-refractivity contribution is 0.405. The Labute approximate surface area is 134 Å². The van der Waals surface area contributed by atoms with Crippen LogP contribution in [0.1, 0.15) is 50.7 Å². The summed E-state index contributed by atoms with van der Waals surface area (Å²) in [5, 5.41) is 2.86. The van der Waals surface area contributed by atoms with Gasteiger partial charge in [-0.1, -0.05) is 63.1 Å². The van der Waals surface area contributed by atoms with Gasteiger partial charge in [0.1, 0.15) is 0 Å². The molecule has 0 aliphatic rings. The van der Waals surface area contributed by atoms with E-state index in [9.17, 15) is 0 Å². The Bertz CT molecular complexity index is 592. The first-order chi connectivity index (χ1) is 10.6. The fourth-order valence-electron chi connectivity index (χ4n) is 2.63. The van der Waals surface area contributed by atoms with Gasteiger partial charge in [0.25, 0.3) is 0 Å². The van der Waals surface area contributed by atoms with Crippen LogP contribution in [0.4, 0.5) is 0 Å². The first-order valence-electron chi connectivity index (χ1n) is 8.01. The van der Waals surface area contributed by atoms with Crippen LogP contribution in [0.15, 0.2) is 36.4 Å². The van der Waals surface area contributed by atoms with E-state index >= 15 is 0 Å². The molecule has 0 spiro atoms. The molecule has 3 nitrogen and oxygen atoms in total. The Morgan fingerprint density at radius 2 is 1.50 bits per heavy atom. The molecule has 0 radical (unpaired) electrons. The maximum atomic E-state index is 8.74. The summed E-state index contributed by atoms with van der Waals surface area (Å²) in [5.41, 5.74) is 3.17. The van der Waals surface area contributed by atoms with Gasteiger partial charge in [-0.3, -0.25) is 4.57 Å².